The molecule has 1 saturated carbocycles. The minimum absolute atomic E-state index is 0.0381. The molecule has 8 heteroatoms. The summed E-state index contributed by atoms with van der Waals surface area (Å²) in [6, 6.07) is 13.8. The maximum absolute atomic E-state index is 13.6. The second-order valence-corrected chi connectivity index (χ2v) is 11.4. The summed E-state index contributed by atoms with van der Waals surface area (Å²) in [4.78, 5) is 14.3. The van der Waals surface area contributed by atoms with Gasteiger partial charge in [0.15, 0.2) is 0 Å². The van der Waals surface area contributed by atoms with Crippen LogP contribution in [0.25, 0.3) is 0 Å². The van der Waals surface area contributed by atoms with E-state index in [0.29, 0.717) is 12.1 Å². The third kappa shape index (κ3) is 5.69. The Morgan fingerprint density at radius 1 is 1.17 bits per heavy atom. The van der Waals surface area contributed by atoms with Crippen molar-refractivity contribution >= 4 is 15.9 Å². The number of aliphatic hydroxyl groups excluding tert-OH is 1. The van der Waals surface area contributed by atoms with Gasteiger partial charge in [-0.1, -0.05) is 37.0 Å². The van der Waals surface area contributed by atoms with E-state index in [9.17, 15) is 18.3 Å². The molecule has 2 aromatic rings. The number of fused-ring (bicyclic) bond motifs is 1. The van der Waals surface area contributed by atoms with Crippen molar-refractivity contribution in [1.29, 1.82) is 0 Å². The van der Waals surface area contributed by atoms with Crippen molar-refractivity contribution in [3.63, 3.8) is 0 Å². The first-order chi connectivity index (χ1) is 16.7. The van der Waals surface area contributed by atoms with Crippen molar-refractivity contribution in [3.8, 4) is 17.6 Å². The van der Waals surface area contributed by atoms with E-state index in [1.807, 2.05) is 37.3 Å². The van der Waals surface area contributed by atoms with Crippen molar-refractivity contribution in [2.24, 2.45) is 11.8 Å². The Kier molecular flexibility index (Phi) is 7.50. The summed E-state index contributed by atoms with van der Waals surface area (Å²) in [5.41, 5.74) is 1.47. The Hall–Kier alpha value is -2.86. The molecule has 1 aliphatic heterocycles. The van der Waals surface area contributed by atoms with Crippen LogP contribution in [0.2, 0.25) is 0 Å². The SMILES string of the molecule is C[C@H]1CN([C@@H](C)CO)S(=O)(=O)c2ccc(C#Cc3ccccc3)cc2O[C@H]1CN(C)C(=O)C1CC1. The molecule has 0 bridgehead atoms. The highest BCUT2D eigenvalue weighted by Crippen LogP contribution is 2.35. The van der Waals surface area contributed by atoms with Gasteiger partial charge in [-0.3, -0.25) is 4.79 Å². The zero-order valence-corrected chi connectivity index (χ0v) is 21.2. The van der Waals surface area contributed by atoms with Gasteiger partial charge in [0.2, 0.25) is 15.9 Å². The molecule has 1 amide bonds. The fourth-order valence-corrected chi connectivity index (χ4v) is 6.01. The molecule has 2 aromatic carbocycles. The first kappa shape index (κ1) is 25.2. The summed E-state index contributed by atoms with van der Waals surface area (Å²) < 4.78 is 34.8. The molecule has 0 spiro atoms. The van der Waals surface area contributed by atoms with Crippen molar-refractivity contribution in [2.75, 3.05) is 26.7 Å². The maximum atomic E-state index is 13.6. The number of carbonyl (C=O) groups excluding carboxylic acids is 1. The van der Waals surface area contributed by atoms with Crippen molar-refractivity contribution in [2.45, 2.75) is 43.7 Å². The van der Waals surface area contributed by atoms with E-state index in [1.165, 1.54) is 10.4 Å². The van der Waals surface area contributed by atoms with Gasteiger partial charge in [-0.15, -0.1) is 0 Å². The predicted octanol–water partition coefficient (Wildman–Crippen LogP) is 2.72. The first-order valence-corrected chi connectivity index (χ1v) is 13.4. The first-order valence-electron chi connectivity index (χ1n) is 12.0. The topological polar surface area (TPSA) is 87.2 Å². The van der Waals surface area contributed by atoms with E-state index in [1.54, 1.807) is 31.0 Å². The van der Waals surface area contributed by atoms with Crippen LogP contribution in [-0.2, 0) is 14.8 Å². The van der Waals surface area contributed by atoms with Gasteiger partial charge < -0.3 is 14.7 Å². The van der Waals surface area contributed by atoms with Crippen LogP contribution >= 0.6 is 0 Å². The molecule has 1 fully saturated rings. The number of aliphatic hydroxyl groups is 1. The van der Waals surface area contributed by atoms with Gasteiger partial charge in [-0.2, -0.15) is 4.31 Å². The van der Waals surface area contributed by atoms with Crippen LogP contribution in [0.4, 0.5) is 0 Å². The molecule has 7 nitrogen and oxygen atoms in total. The average molecular weight is 497 g/mol. The van der Waals surface area contributed by atoms with Crippen LogP contribution in [-0.4, -0.2) is 67.5 Å². The summed E-state index contributed by atoms with van der Waals surface area (Å²) in [7, 11) is -2.16. The van der Waals surface area contributed by atoms with Gasteiger partial charge in [0, 0.05) is 42.6 Å². The molecule has 0 saturated heterocycles. The van der Waals surface area contributed by atoms with Crippen LogP contribution in [0.5, 0.6) is 5.75 Å². The Morgan fingerprint density at radius 3 is 2.51 bits per heavy atom. The van der Waals surface area contributed by atoms with Crippen molar-refractivity contribution < 1.29 is 23.1 Å². The van der Waals surface area contributed by atoms with Gasteiger partial charge in [0.05, 0.1) is 13.2 Å². The van der Waals surface area contributed by atoms with Crippen LogP contribution in [0.1, 0.15) is 37.8 Å². The third-order valence-electron chi connectivity index (χ3n) is 6.55. The molecule has 1 heterocycles. The van der Waals surface area contributed by atoms with Gasteiger partial charge in [-0.05, 0) is 50.1 Å². The molecule has 2 aliphatic rings. The molecule has 1 N–H and O–H groups in total. The number of rotatable bonds is 5. The number of benzene rings is 2. The average Bonchev–Trinajstić information content (AvgIpc) is 3.70. The minimum Gasteiger partial charge on any atom is -0.487 e. The van der Waals surface area contributed by atoms with Gasteiger partial charge in [-0.25, -0.2) is 8.42 Å². The number of nitrogens with zero attached hydrogens (tertiary/aromatic N) is 2. The molecule has 3 atom stereocenters. The van der Waals surface area contributed by atoms with Gasteiger partial charge >= 0.3 is 0 Å². The Morgan fingerprint density at radius 2 is 1.86 bits per heavy atom. The molecule has 0 unspecified atom stereocenters. The fourth-order valence-electron chi connectivity index (χ4n) is 4.19. The normalized spacial score (nSPS) is 22.4. The zero-order chi connectivity index (χ0) is 25.2. The van der Waals surface area contributed by atoms with E-state index >= 15 is 0 Å². The van der Waals surface area contributed by atoms with E-state index in [-0.39, 0.29) is 41.5 Å². The Balaban J connectivity index is 1.72. The third-order valence-corrected chi connectivity index (χ3v) is 8.57. The van der Waals surface area contributed by atoms with E-state index < -0.39 is 22.2 Å². The zero-order valence-electron chi connectivity index (χ0n) is 20.3. The maximum Gasteiger partial charge on any atom is 0.247 e. The molecule has 35 heavy (non-hydrogen) atoms. The minimum atomic E-state index is -3.92. The highest BCUT2D eigenvalue weighted by Gasteiger charge is 2.39. The van der Waals surface area contributed by atoms with E-state index in [2.05, 4.69) is 11.8 Å². The second-order valence-electron chi connectivity index (χ2n) is 9.51. The quantitative estimate of drug-likeness (QED) is 0.644. The number of hydrogen-bond donors (Lipinski definition) is 1. The lowest BCUT2D eigenvalue weighted by Gasteiger charge is -2.37. The number of amides is 1. The summed E-state index contributed by atoms with van der Waals surface area (Å²) in [6.45, 7) is 3.82. The molecule has 0 radical (unpaired) electrons. The molecule has 4 rings (SSSR count). The van der Waals surface area contributed by atoms with E-state index in [0.717, 1.165) is 18.4 Å². The lowest BCUT2D eigenvalue weighted by molar-refractivity contribution is -0.132. The van der Waals surface area contributed by atoms with Crippen molar-refractivity contribution in [3.05, 3.63) is 59.7 Å². The van der Waals surface area contributed by atoms with Gasteiger partial charge in [0.25, 0.3) is 0 Å². The van der Waals surface area contributed by atoms with Gasteiger partial charge in [0.1, 0.15) is 16.7 Å². The summed E-state index contributed by atoms with van der Waals surface area (Å²) in [5.74, 6) is 6.34. The molecule has 1 aliphatic carbocycles. The Bertz CT molecular complexity index is 1230. The van der Waals surface area contributed by atoms with E-state index in [4.69, 9.17) is 4.74 Å². The standard InChI is InChI=1S/C27H32N2O5S/c1-19-16-29(20(2)18-30)35(32,33)26-14-11-22(10-9-21-7-5-4-6-8-21)15-24(26)34-25(19)17-28(3)27(31)23-12-13-23/h4-8,11,14-15,19-20,23,25,30H,12-13,16-18H2,1-3H3/t19-,20-,25-/m0/s1. The lowest BCUT2D eigenvalue weighted by Crippen LogP contribution is -2.50. The van der Waals surface area contributed by atoms with Crippen molar-refractivity contribution in [1.82, 2.24) is 9.21 Å². The van der Waals surface area contributed by atoms with Crippen LogP contribution in [0, 0.1) is 23.7 Å². The second kappa shape index (κ2) is 10.4. The fraction of sp³-hybridized carbons (Fsp3) is 0.444. The predicted molar refractivity (Wildman–Crippen MR) is 133 cm³/mol. The lowest BCUT2D eigenvalue weighted by atomic mass is 10.0. The number of sulfonamides is 1. The summed E-state index contributed by atoms with van der Waals surface area (Å²) >= 11 is 0. The Labute approximate surface area is 207 Å². The summed E-state index contributed by atoms with van der Waals surface area (Å²) in [5, 5.41) is 9.78. The molecule has 0 aromatic heterocycles. The molecular weight excluding hydrogens is 464 g/mol. The number of hydrogen-bond acceptors (Lipinski definition) is 5. The van der Waals surface area contributed by atoms with Crippen LogP contribution in [0.15, 0.2) is 53.4 Å². The van der Waals surface area contributed by atoms with Crippen LogP contribution in [0.3, 0.4) is 0 Å². The largest absolute Gasteiger partial charge is 0.487 e. The number of carbonyl (C=O) groups is 1. The molecule has 186 valence electrons. The highest BCUT2D eigenvalue weighted by molar-refractivity contribution is 7.89. The highest BCUT2D eigenvalue weighted by atomic mass is 32.2. The number of ether oxygens (including phenoxy) is 1. The summed E-state index contributed by atoms with van der Waals surface area (Å²) in [6.07, 6.45) is 1.40. The monoisotopic (exact) mass is 496 g/mol. The molecular formula is C27H32N2O5S. The van der Waals surface area contributed by atoms with Crippen LogP contribution < -0.4 is 4.74 Å². The smallest absolute Gasteiger partial charge is 0.247 e. The number of likely N-dealkylation sites (N-methyl/N-ethyl adjacent to an activating group) is 1.